The predicted octanol–water partition coefficient (Wildman–Crippen LogP) is 3.35. The average molecular weight is 311 g/mol. The lowest BCUT2D eigenvalue weighted by Gasteiger charge is -2.14. The molecular formula is C17H21N5O. The summed E-state index contributed by atoms with van der Waals surface area (Å²) < 4.78 is 0. The van der Waals surface area contributed by atoms with E-state index in [4.69, 9.17) is 5.73 Å². The molecule has 6 heteroatoms. The Hall–Kier alpha value is -3.02. The van der Waals surface area contributed by atoms with Gasteiger partial charge < -0.3 is 21.7 Å². The number of benzene rings is 1. The second-order valence-electron chi connectivity index (χ2n) is 5.33. The molecule has 2 aromatic rings. The van der Waals surface area contributed by atoms with E-state index in [1.807, 2.05) is 32.0 Å². The lowest BCUT2D eigenvalue weighted by molar-refractivity contribution is -0.111. The first kappa shape index (κ1) is 16.4. The third-order valence-electron chi connectivity index (χ3n) is 2.94. The molecule has 0 saturated carbocycles. The Balaban J connectivity index is 2.17. The van der Waals surface area contributed by atoms with Gasteiger partial charge in [-0.1, -0.05) is 12.6 Å². The average Bonchev–Trinajstić information content (AvgIpc) is 2.50. The van der Waals surface area contributed by atoms with Gasteiger partial charge in [-0.25, -0.2) is 4.98 Å². The Kier molecular flexibility index (Phi) is 5.19. The van der Waals surface area contributed by atoms with Crippen molar-refractivity contribution in [2.75, 3.05) is 21.7 Å². The van der Waals surface area contributed by atoms with Crippen LogP contribution in [0.1, 0.15) is 13.8 Å². The number of carbonyl (C=O) groups excluding carboxylic acids is 1. The Morgan fingerprint density at radius 3 is 2.70 bits per heavy atom. The van der Waals surface area contributed by atoms with Crippen LogP contribution in [-0.2, 0) is 4.79 Å². The number of aromatic nitrogens is 1. The predicted molar refractivity (Wildman–Crippen MR) is 96.0 cm³/mol. The molecule has 0 saturated heterocycles. The molecule has 6 nitrogen and oxygen atoms in total. The third kappa shape index (κ3) is 4.74. The molecule has 1 amide bonds. The summed E-state index contributed by atoms with van der Waals surface area (Å²) in [6, 6.07) is 11.2. The first-order valence-electron chi connectivity index (χ1n) is 7.31. The van der Waals surface area contributed by atoms with E-state index in [0.29, 0.717) is 23.0 Å². The van der Waals surface area contributed by atoms with Crippen LogP contribution in [0.2, 0.25) is 0 Å². The van der Waals surface area contributed by atoms with Crippen molar-refractivity contribution in [2.24, 2.45) is 0 Å². The summed E-state index contributed by atoms with van der Waals surface area (Å²) in [7, 11) is 0. The quantitative estimate of drug-likeness (QED) is 0.614. The van der Waals surface area contributed by atoms with Gasteiger partial charge in [0, 0.05) is 17.4 Å². The molecule has 0 aliphatic carbocycles. The minimum Gasteiger partial charge on any atom is -0.396 e. The van der Waals surface area contributed by atoms with Crippen LogP contribution >= 0.6 is 0 Å². The maximum absolute atomic E-state index is 11.4. The molecule has 1 aromatic carbocycles. The van der Waals surface area contributed by atoms with Crippen molar-refractivity contribution < 1.29 is 4.79 Å². The van der Waals surface area contributed by atoms with Gasteiger partial charge >= 0.3 is 0 Å². The fourth-order valence-electron chi connectivity index (χ4n) is 1.94. The minimum atomic E-state index is -0.254. The molecule has 0 aliphatic heterocycles. The van der Waals surface area contributed by atoms with E-state index in [1.54, 1.807) is 18.2 Å². The highest BCUT2D eigenvalue weighted by Gasteiger charge is 2.05. The number of carbonyl (C=O) groups is 1. The monoisotopic (exact) mass is 311 g/mol. The van der Waals surface area contributed by atoms with Crippen LogP contribution in [0.5, 0.6) is 0 Å². The molecule has 2 rings (SSSR count). The number of hydrogen-bond acceptors (Lipinski definition) is 5. The molecule has 0 atom stereocenters. The summed E-state index contributed by atoms with van der Waals surface area (Å²) >= 11 is 0. The van der Waals surface area contributed by atoms with Crippen LogP contribution in [-0.4, -0.2) is 16.9 Å². The Labute approximate surface area is 135 Å². The number of nitrogen functional groups attached to an aromatic ring is 1. The maximum atomic E-state index is 11.4. The van der Waals surface area contributed by atoms with Crippen LogP contribution in [0.3, 0.4) is 0 Å². The molecule has 1 heterocycles. The van der Waals surface area contributed by atoms with Gasteiger partial charge in [0.05, 0.1) is 5.69 Å². The fraction of sp³-hybridized carbons (Fsp3) is 0.176. The van der Waals surface area contributed by atoms with E-state index in [0.717, 1.165) is 5.69 Å². The number of rotatable bonds is 6. The number of nitrogens with zero attached hydrogens (tertiary/aromatic N) is 1. The van der Waals surface area contributed by atoms with Gasteiger partial charge in [0.25, 0.3) is 0 Å². The summed E-state index contributed by atoms with van der Waals surface area (Å²) in [5.74, 6) is 1.05. The van der Waals surface area contributed by atoms with Crippen molar-refractivity contribution in [2.45, 2.75) is 19.9 Å². The van der Waals surface area contributed by atoms with E-state index in [9.17, 15) is 4.79 Å². The van der Waals surface area contributed by atoms with Crippen LogP contribution in [0, 0.1) is 0 Å². The number of hydrogen-bond donors (Lipinski definition) is 4. The van der Waals surface area contributed by atoms with Crippen molar-refractivity contribution in [1.82, 2.24) is 4.98 Å². The van der Waals surface area contributed by atoms with E-state index in [1.165, 1.54) is 6.08 Å². The van der Waals surface area contributed by atoms with Crippen LogP contribution in [0.25, 0.3) is 0 Å². The van der Waals surface area contributed by atoms with E-state index >= 15 is 0 Å². The standard InChI is InChI=1S/C17H21N5O/c1-4-16(23)21-13-7-5-6-12(10-13)20-15-9-8-14(18)17(22-15)19-11(2)3/h4-11H,1,18H2,2-3H3,(H,21,23)(H2,19,20,22). The molecule has 0 aliphatic rings. The summed E-state index contributed by atoms with van der Waals surface area (Å²) in [5.41, 5.74) is 7.99. The highest BCUT2D eigenvalue weighted by atomic mass is 16.1. The molecule has 5 N–H and O–H groups in total. The Morgan fingerprint density at radius 1 is 1.26 bits per heavy atom. The van der Waals surface area contributed by atoms with Crippen molar-refractivity contribution in [3.05, 3.63) is 49.1 Å². The van der Waals surface area contributed by atoms with Crippen molar-refractivity contribution >= 4 is 34.6 Å². The van der Waals surface area contributed by atoms with Gasteiger partial charge in [0.15, 0.2) is 5.82 Å². The van der Waals surface area contributed by atoms with Crippen LogP contribution in [0.4, 0.5) is 28.7 Å². The molecule has 0 spiro atoms. The summed E-state index contributed by atoms with van der Waals surface area (Å²) in [6.45, 7) is 7.47. The molecule has 0 radical (unpaired) electrons. The Bertz CT molecular complexity index is 712. The zero-order chi connectivity index (χ0) is 16.8. The molecule has 0 bridgehead atoms. The largest absolute Gasteiger partial charge is 0.396 e. The zero-order valence-corrected chi connectivity index (χ0v) is 13.3. The number of pyridine rings is 1. The highest BCUT2D eigenvalue weighted by molar-refractivity contribution is 5.99. The van der Waals surface area contributed by atoms with Gasteiger partial charge in [-0.15, -0.1) is 0 Å². The molecule has 120 valence electrons. The van der Waals surface area contributed by atoms with E-state index < -0.39 is 0 Å². The normalized spacial score (nSPS) is 10.2. The summed E-state index contributed by atoms with van der Waals surface area (Å²) in [6.07, 6.45) is 1.23. The third-order valence-corrected chi connectivity index (χ3v) is 2.94. The Morgan fingerprint density at radius 2 is 2.00 bits per heavy atom. The zero-order valence-electron chi connectivity index (χ0n) is 13.3. The first-order valence-corrected chi connectivity index (χ1v) is 7.31. The van der Waals surface area contributed by atoms with E-state index in [2.05, 4.69) is 27.5 Å². The first-order chi connectivity index (χ1) is 11.0. The van der Waals surface area contributed by atoms with Gasteiger partial charge in [-0.3, -0.25) is 4.79 Å². The minimum absolute atomic E-state index is 0.234. The van der Waals surface area contributed by atoms with Crippen molar-refractivity contribution in [1.29, 1.82) is 0 Å². The molecule has 0 fully saturated rings. The maximum Gasteiger partial charge on any atom is 0.247 e. The number of nitrogens with two attached hydrogens (primary N) is 1. The highest BCUT2D eigenvalue weighted by Crippen LogP contribution is 2.23. The van der Waals surface area contributed by atoms with Crippen LogP contribution in [0.15, 0.2) is 49.1 Å². The summed E-state index contributed by atoms with van der Waals surface area (Å²) in [5, 5.41) is 9.11. The molecule has 23 heavy (non-hydrogen) atoms. The number of anilines is 5. The van der Waals surface area contributed by atoms with Crippen LogP contribution < -0.4 is 21.7 Å². The number of amides is 1. The van der Waals surface area contributed by atoms with Gasteiger partial charge in [0.2, 0.25) is 5.91 Å². The van der Waals surface area contributed by atoms with Crippen molar-refractivity contribution in [3.63, 3.8) is 0 Å². The lowest BCUT2D eigenvalue weighted by atomic mass is 10.2. The SMILES string of the molecule is C=CC(=O)Nc1cccc(Nc2ccc(N)c(NC(C)C)n2)c1. The number of nitrogens with one attached hydrogen (secondary N) is 3. The van der Waals surface area contributed by atoms with Gasteiger partial charge in [0.1, 0.15) is 5.82 Å². The van der Waals surface area contributed by atoms with Gasteiger partial charge in [-0.05, 0) is 50.3 Å². The lowest BCUT2D eigenvalue weighted by Crippen LogP contribution is -2.13. The molecule has 1 aromatic heterocycles. The van der Waals surface area contributed by atoms with Crippen molar-refractivity contribution in [3.8, 4) is 0 Å². The summed E-state index contributed by atoms with van der Waals surface area (Å²) in [4.78, 5) is 15.8. The van der Waals surface area contributed by atoms with Gasteiger partial charge in [-0.2, -0.15) is 0 Å². The fourth-order valence-corrected chi connectivity index (χ4v) is 1.94. The molecule has 0 unspecified atom stereocenters. The second-order valence-corrected chi connectivity index (χ2v) is 5.33. The topological polar surface area (TPSA) is 92.1 Å². The van der Waals surface area contributed by atoms with E-state index in [-0.39, 0.29) is 11.9 Å². The second kappa shape index (κ2) is 7.31. The smallest absolute Gasteiger partial charge is 0.247 e. The molecular weight excluding hydrogens is 290 g/mol.